The van der Waals surface area contributed by atoms with Crippen molar-refractivity contribution in [1.29, 1.82) is 0 Å². The number of pyridine rings is 1. The minimum Gasteiger partial charge on any atom is -0.452 e. The van der Waals surface area contributed by atoms with E-state index in [1.54, 1.807) is 30.6 Å². The van der Waals surface area contributed by atoms with E-state index in [-0.39, 0.29) is 0 Å². The van der Waals surface area contributed by atoms with Gasteiger partial charge in [-0.15, -0.1) is 0 Å². The minimum absolute atomic E-state index is 0.389. The molecular formula is C11H11BrN2O2. The summed E-state index contributed by atoms with van der Waals surface area (Å²) in [5, 5.41) is 9.91. The van der Waals surface area contributed by atoms with Crippen LogP contribution in [0, 0.1) is 0 Å². The van der Waals surface area contributed by atoms with Crippen LogP contribution in [0.3, 0.4) is 0 Å². The molecule has 2 aromatic heterocycles. The molecule has 5 heteroatoms. The highest BCUT2D eigenvalue weighted by molar-refractivity contribution is 9.10. The number of nitrogens with zero attached hydrogens (tertiary/aromatic N) is 1. The molecule has 84 valence electrons. The van der Waals surface area contributed by atoms with Gasteiger partial charge in [-0.3, -0.25) is 4.98 Å². The SMILES string of the molecule is Nc1ccncc1CC(O)c1ccc(Br)o1. The molecule has 16 heavy (non-hydrogen) atoms. The van der Waals surface area contributed by atoms with E-state index in [1.165, 1.54) is 0 Å². The average Bonchev–Trinajstić information content (AvgIpc) is 2.68. The molecule has 1 atom stereocenters. The van der Waals surface area contributed by atoms with Gasteiger partial charge in [-0.1, -0.05) is 0 Å². The van der Waals surface area contributed by atoms with Crippen LogP contribution in [0.1, 0.15) is 17.4 Å². The summed E-state index contributed by atoms with van der Waals surface area (Å²) in [5.41, 5.74) is 7.19. The van der Waals surface area contributed by atoms with E-state index in [2.05, 4.69) is 20.9 Å². The number of hydrogen-bond acceptors (Lipinski definition) is 4. The fourth-order valence-corrected chi connectivity index (χ4v) is 1.74. The number of hydrogen-bond donors (Lipinski definition) is 2. The molecule has 0 bridgehead atoms. The van der Waals surface area contributed by atoms with Crippen LogP contribution >= 0.6 is 15.9 Å². The molecule has 0 aromatic carbocycles. The molecule has 0 amide bonds. The molecule has 2 aromatic rings. The van der Waals surface area contributed by atoms with Gasteiger partial charge in [-0.2, -0.15) is 0 Å². The van der Waals surface area contributed by atoms with Crippen molar-refractivity contribution in [2.24, 2.45) is 0 Å². The summed E-state index contributed by atoms with van der Waals surface area (Å²) < 4.78 is 5.86. The third-order valence-electron chi connectivity index (χ3n) is 2.28. The molecule has 0 radical (unpaired) electrons. The van der Waals surface area contributed by atoms with Crippen LogP contribution in [-0.4, -0.2) is 10.1 Å². The predicted octanol–water partition coefficient (Wildman–Crippen LogP) is 2.30. The van der Waals surface area contributed by atoms with Gasteiger partial charge >= 0.3 is 0 Å². The maximum absolute atomic E-state index is 9.91. The Morgan fingerprint density at radius 2 is 2.25 bits per heavy atom. The first-order valence-electron chi connectivity index (χ1n) is 4.78. The van der Waals surface area contributed by atoms with Crippen LogP contribution in [0.25, 0.3) is 0 Å². The molecule has 0 aliphatic rings. The first-order chi connectivity index (χ1) is 7.66. The molecule has 0 fully saturated rings. The lowest BCUT2D eigenvalue weighted by Gasteiger charge is -2.09. The van der Waals surface area contributed by atoms with E-state index in [0.29, 0.717) is 22.5 Å². The fraction of sp³-hybridized carbons (Fsp3) is 0.182. The average molecular weight is 283 g/mol. The molecule has 1 unspecified atom stereocenters. The zero-order valence-electron chi connectivity index (χ0n) is 8.43. The second kappa shape index (κ2) is 4.67. The summed E-state index contributed by atoms with van der Waals surface area (Å²) in [6, 6.07) is 5.17. The summed E-state index contributed by atoms with van der Waals surface area (Å²) in [5.74, 6) is 0.509. The molecule has 3 N–H and O–H groups in total. The van der Waals surface area contributed by atoms with Gasteiger partial charge in [-0.05, 0) is 39.7 Å². The van der Waals surface area contributed by atoms with Crippen LogP contribution < -0.4 is 5.73 Å². The van der Waals surface area contributed by atoms with Gasteiger partial charge in [0.2, 0.25) is 0 Å². The fourth-order valence-electron chi connectivity index (χ4n) is 1.42. The Morgan fingerprint density at radius 1 is 1.44 bits per heavy atom. The number of anilines is 1. The van der Waals surface area contributed by atoms with Crippen molar-refractivity contribution >= 4 is 21.6 Å². The maximum Gasteiger partial charge on any atom is 0.169 e. The van der Waals surface area contributed by atoms with Gasteiger partial charge in [0.15, 0.2) is 4.67 Å². The third-order valence-corrected chi connectivity index (χ3v) is 2.70. The van der Waals surface area contributed by atoms with Crippen LogP contribution in [0.5, 0.6) is 0 Å². The maximum atomic E-state index is 9.91. The van der Waals surface area contributed by atoms with Crippen molar-refractivity contribution in [1.82, 2.24) is 4.98 Å². The predicted molar refractivity (Wildman–Crippen MR) is 63.7 cm³/mol. The molecule has 0 saturated heterocycles. The summed E-state index contributed by atoms with van der Waals surface area (Å²) >= 11 is 3.19. The Morgan fingerprint density at radius 3 is 2.88 bits per heavy atom. The Labute approximate surface area is 101 Å². The number of nitrogens with two attached hydrogens (primary N) is 1. The van der Waals surface area contributed by atoms with Gasteiger partial charge in [0.05, 0.1) is 0 Å². The number of rotatable bonds is 3. The van der Waals surface area contributed by atoms with E-state index in [1.807, 2.05) is 0 Å². The van der Waals surface area contributed by atoms with Crippen molar-refractivity contribution in [3.05, 3.63) is 46.6 Å². The van der Waals surface area contributed by atoms with Crippen molar-refractivity contribution in [3.8, 4) is 0 Å². The number of furan rings is 1. The van der Waals surface area contributed by atoms with Gasteiger partial charge in [0.25, 0.3) is 0 Å². The minimum atomic E-state index is -0.710. The molecule has 4 nitrogen and oxygen atoms in total. The molecule has 0 aliphatic carbocycles. The smallest absolute Gasteiger partial charge is 0.169 e. The zero-order chi connectivity index (χ0) is 11.5. The van der Waals surface area contributed by atoms with Crippen LogP contribution in [-0.2, 0) is 6.42 Å². The number of halogens is 1. The number of aliphatic hydroxyl groups excluding tert-OH is 1. The van der Waals surface area contributed by atoms with Crippen LogP contribution in [0.2, 0.25) is 0 Å². The first-order valence-corrected chi connectivity index (χ1v) is 5.58. The number of aliphatic hydroxyl groups is 1. The standard InChI is InChI=1S/C11H11BrN2O2/c12-11-2-1-10(16-11)9(15)5-7-6-14-4-3-8(7)13/h1-4,6,9,15H,5H2,(H2,13,14). The normalized spacial score (nSPS) is 12.6. The van der Waals surface area contributed by atoms with E-state index in [4.69, 9.17) is 10.2 Å². The summed E-state index contributed by atoms with van der Waals surface area (Å²) in [4.78, 5) is 3.97. The third kappa shape index (κ3) is 2.43. The quantitative estimate of drug-likeness (QED) is 0.906. The van der Waals surface area contributed by atoms with Gasteiger partial charge in [0.1, 0.15) is 11.9 Å². The van der Waals surface area contributed by atoms with Crippen LogP contribution in [0.15, 0.2) is 39.7 Å². The highest BCUT2D eigenvalue weighted by Crippen LogP contribution is 2.24. The van der Waals surface area contributed by atoms with E-state index in [9.17, 15) is 5.11 Å². The molecule has 2 heterocycles. The molecule has 0 spiro atoms. The second-order valence-corrected chi connectivity index (χ2v) is 4.22. The van der Waals surface area contributed by atoms with Gasteiger partial charge in [-0.25, -0.2) is 0 Å². The highest BCUT2D eigenvalue weighted by atomic mass is 79.9. The van der Waals surface area contributed by atoms with Crippen molar-refractivity contribution in [2.45, 2.75) is 12.5 Å². The zero-order valence-corrected chi connectivity index (χ0v) is 10.0. The highest BCUT2D eigenvalue weighted by Gasteiger charge is 2.14. The molecular weight excluding hydrogens is 272 g/mol. The molecule has 0 saturated carbocycles. The lowest BCUT2D eigenvalue weighted by atomic mass is 10.1. The van der Waals surface area contributed by atoms with Gasteiger partial charge < -0.3 is 15.3 Å². The van der Waals surface area contributed by atoms with Crippen molar-refractivity contribution < 1.29 is 9.52 Å². The summed E-state index contributed by atoms with van der Waals surface area (Å²) in [7, 11) is 0. The first kappa shape index (κ1) is 11.2. The second-order valence-electron chi connectivity index (χ2n) is 3.44. The van der Waals surface area contributed by atoms with E-state index >= 15 is 0 Å². The Hall–Kier alpha value is -1.33. The Bertz CT molecular complexity index is 484. The molecule has 0 aliphatic heterocycles. The van der Waals surface area contributed by atoms with Crippen molar-refractivity contribution in [3.63, 3.8) is 0 Å². The lowest BCUT2D eigenvalue weighted by Crippen LogP contribution is -2.03. The largest absolute Gasteiger partial charge is 0.452 e. The molecule has 2 rings (SSSR count). The summed E-state index contributed by atoms with van der Waals surface area (Å²) in [6.45, 7) is 0. The number of aromatic nitrogens is 1. The lowest BCUT2D eigenvalue weighted by molar-refractivity contribution is 0.149. The van der Waals surface area contributed by atoms with E-state index < -0.39 is 6.10 Å². The topological polar surface area (TPSA) is 72.3 Å². The van der Waals surface area contributed by atoms with E-state index in [0.717, 1.165) is 5.56 Å². The Kier molecular flexibility index (Phi) is 3.26. The Balaban J connectivity index is 2.13. The number of nitrogen functional groups attached to an aromatic ring is 1. The monoisotopic (exact) mass is 282 g/mol. The van der Waals surface area contributed by atoms with Crippen molar-refractivity contribution in [2.75, 3.05) is 5.73 Å². The van der Waals surface area contributed by atoms with Crippen LogP contribution in [0.4, 0.5) is 5.69 Å². The van der Waals surface area contributed by atoms with Gasteiger partial charge in [0, 0.05) is 24.5 Å². The summed E-state index contributed by atoms with van der Waals surface area (Å²) in [6.07, 6.45) is 2.95.